The first-order valence-electron chi connectivity index (χ1n) is 5.41. The Morgan fingerprint density at radius 3 is 1.56 bits per heavy atom. The van der Waals surface area contributed by atoms with Gasteiger partial charge in [0.05, 0.1) is 10.7 Å². The highest BCUT2D eigenvalue weighted by Gasteiger charge is 2.33. The SMILES string of the molecule is CCSC(SCC)[C@@H](O)[C@@H](O)[C@H](O)[C@@H](C)O. The first-order valence-corrected chi connectivity index (χ1v) is 7.50. The molecule has 16 heavy (non-hydrogen) atoms. The third-order valence-corrected chi connectivity index (χ3v) is 4.83. The van der Waals surface area contributed by atoms with Crippen LogP contribution in [0.4, 0.5) is 0 Å². The van der Waals surface area contributed by atoms with Crippen molar-refractivity contribution in [2.24, 2.45) is 0 Å². The summed E-state index contributed by atoms with van der Waals surface area (Å²) in [7, 11) is 0. The van der Waals surface area contributed by atoms with Gasteiger partial charge in [0.25, 0.3) is 0 Å². The Morgan fingerprint density at radius 2 is 1.25 bits per heavy atom. The Morgan fingerprint density at radius 1 is 0.812 bits per heavy atom. The van der Waals surface area contributed by atoms with Gasteiger partial charge < -0.3 is 20.4 Å². The van der Waals surface area contributed by atoms with Crippen LogP contribution in [-0.4, -0.2) is 60.9 Å². The lowest BCUT2D eigenvalue weighted by Gasteiger charge is -2.29. The van der Waals surface area contributed by atoms with Gasteiger partial charge in [-0.05, 0) is 18.4 Å². The van der Waals surface area contributed by atoms with Crippen LogP contribution in [-0.2, 0) is 0 Å². The Labute approximate surface area is 105 Å². The van der Waals surface area contributed by atoms with Gasteiger partial charge in [0.15, 0.2) is 0 Å². The molecule has 0 radical (unpaired) electrons. The monoisotopic (exact) mass is 270 g/mol. The molecule has 6 heteroatoms. The normalized spacial score (nSPS) is 19.5. The van der Waals surface area contributed by atoms with E-state index in [0.29, 0.717) is 0 Å². The summed E-state index contributed by atoms with van der Waals surface area (Å²) in [5, 5.41) is 38.2. The molecule has 0 aromatic carbocycles. The fourth-order valence-electron chi connectivity index (χ4n) is 1.22. The third-order valence-electron chi connectivity index (χ3n) is 2.13. The topological polar surface area (TPSA) is 80.9 Å². The zero-order valence-electron chi connectivity index (χ0n) is 9.91. The van der Waals surface area contributed by atoms with Gasteiger partial charge in [0, 0.05) is 0 Å². The molecule has 4 N–H and O–H groups in total. The molecule has 0 heterocycles. The van der Waals surface area contributed by atoms with E-state index < -0.39 is 24.4 Å². The molecule has 0 rings (SSSR count). The number of aliphatic hydroxyl groups is 4. The molecule has 0 aliphatic rings. The summed E-state index contributed by atoms with van der Waals surface area (Å²) in [6.45, 7) is 5.33. The van der Waals surface area contributed by atoms with Crippen molar-refractivity contribution in [3.05, 3.63) is 0 Å². The molecule has 0 aromatic rings. The van der Waals surface area contributed by atoms with E-state index in [9.17, 15) is 15.3 Å². The summed E-state index contributed by atoms with van der Waals surface area (Å²) in [6, 6.07) is 0. The second-order valence-electron chi connectivity index (χ2n) is 3.49. The molecule has 0 saturated carbocycles. The zero-order chi connectivity index (χ0) is 12.7. The lowest BCUT2D eigenvalue weighted by atomic mass is 10.1. The minimum atomic E-state index is -1.32. The highest BCUT2D eigenvalue weighted by Crippen LogP contribution is 2.29. The Balaban J connectivity index is 4.40. The van der Waals surface area contributed by atoms with Crippen LogP contribution < -0.4 is 0 Å². The first kappa shape index (κ1) is 16.5. The minimum absolute atomic E-state index is 0.182. The molecule has 4 atom stereocenters. The van der Waals surface area contributed by atoms with E-state index in [0.717, 1.165) is 11.5 Å². The van der Waals surface area contributed by atoms with E-state index in [1.54, 1.807) is 0 Å². The highest BCUT2D eigenvalue weighted by atomic mass is 32.2. The van der Waals surface area contributed by atoms with E-state index in [-0.39, 0.29) is 4.58 Å². The Bertz CT molecular complexity index is 172. The van der Waals surface area contributed by atoms with Crippen molar-refractivity contribution in [1.82, 2.24) is 0 Å². The predicted octanol–water partition coefficient (Wildman–Crippen LogP) is 0.282. The predicted molar refractivity (Wildman–Crippen MR) is 69.8 cm³/mol. The molecule has 0 aliphatic heterocycles. The molecule has 0 bridgehead atoms. The third kappa shape index (κ3) is 5.25. The van der Waals surface area contributed by atoms with Crippen LogP contribution in [0, 0.1) is 0 Å². The molecule has 4 nitrogen and oxygen atoms in total. The van der Waals surface area contributed by atoms with Crippen LogP contribution >= 0.6 is 23.5 Å². The van der Waals surface area contributed by atoms with Gasteiger partial charge in [-0.25, -0.2) is 0 Å². The Hall–Kier alpha value is 0.540. The standard InChI is InChI=1S/C10H22O4S2/c1-4-15-10(16-5-2)9(14)8(13)7(12)6(3)11/h6-14H,4-5H2,1-3H3/t6-,7-,8+,9+/m1/s1. The molecule has 98 valence electrons. The summed E-state index contributed by atoms with van der Waals surface area (Å²) in [6.07, 6.45) is -4.72. The van der Waals surface area contributed by atoms with Crippen LogP contribution in [0.15, 0.2) is 0 Å². The van der Waals surface area contributed by atoms with Gasteiger partial charge in [0.2, 0.25) is 0 Å². The van der Waals surface area contributed by atoms with Crippen molar-refractivity contribution in [2.75, 3.05) is 11.5 Å². The summed E-state index contributed by atoms with van der Waals surface area (Å²) < 4.78 is -0.182. The molecular formula is C10H22O4S2. The number of rotatable bonds is 8. The van der Waals surface area contributed by atoms with Crippen molar-refractivity contribution in [2.45, 2.75) is 49.8 Å². The van der Waals surface area contributed by atoms with Crippen molar-refractivity contribution in [3.63, 3.8) is 0 Å². The van der Waals surface area contributed by atoms with E-state index in [4.69, 9.17) is 5.11 Å². The van der Waals surface area contributed by atoms with E-state index in [2.05, 4.69) is 0 Å². The second kappa shape index (κ2) is 8.60. The van der Waals surface area contributed by atoms with Crippen LogP contribution in [0.25, 0.3) is 0 Å². The number of hydrogen-bond acceptors (Lipinski definition) is 6. The van der Waals surface area contributed by atoms with Crippen LogP contribution in [0.1, 0.15) is 20.8 Å². The fraction of sp³-hybridized carbons (Fsp3) is 1.00. The molecule has 0 saturated heterocycles. The average Bonchev–Trinajstić information content (AvgIpc) is 2.25. The zero-order valence-corrected chi connectivity index (χ0v) is 11.5. The van der Waals surface area contributed by atoms with Crippen LogP contribution in [0.2, 0.25) is 0 Å². The second-order valence-corrected chi connectivity index (χ2v) is 6.63. The quantitative estimate of drug-likeness (QED) is 0.475. The molecule has 0 unspecified atom stereocenters. The largest absolute Gasteiger partial charge is 0.391 e. The maximum Gasteiger partial charge on any atom is 0.110 e. The molecule has 0 spiro atoms. The summed E-state index contributed by atoms with van der Waals surface area (Å²) >= 11 is 3.05. The minimum Gasteiger partial charge on any atom is -0.391 e. The molecular weight excluding hydrogens is 248 g/mol. The van der Waals surface area contributed by atoms with E-state index in [1.807, 2.05) is 13.8 Å². The maximum atomic E-state index is 9.90. The van der Waals surface area contributed by atoms with Crippen LogP contribution in [0.5, 0.6) is 0 Å². The fourth-order valence-corrected chi connectivity index (χ4v) is 3.80. The van der Waals surface area contributed by atoms with Gasteiger partial charge in [0.1, 0.15) is 18.3 Å². The van der Waals surface area contributed by atoms with E-state index >= 15 is 0 Å². The van der Waals surface area contributed by atoms with Gasteiger partial charge in [-0.2, -0.15) is 0 Å². The van der Waals surface area contributed by atoms with Gasteiger partial charge in [-0.3, -0.25) is 0 Å². The summed E-state index contributed by atoms with van der Waals surface area (Å²) in [5.41, 5.74) is 0. The lowest BCUT2D eigenvalue weighted by Crippen LogP contribution is -2.46. The van der Waals surface area contributed by atoms with Crippen molar-refractivity contribution >= 4 is 23.5 Å². The maximum absolute atomic E-state index is 9.90. The number of thioether (sulfide) groups is 2. The van der Waals surface area contributed by atoms with Crippen LogP contribution in [0.3, 0.4) is 0 Å². The van der Waals surface area contributed by atoms with Crippen molar-refractivity contribution in [1.29, 1.82) is 0 Å². The molecule has 0 fully saturated rings. The molecule has 0 amide bonds. The molecule has 0 aliphatic carbocycles. The number of hydrogen-bond donors (Lipinski definition) is 4. The van der Waals surface area contributed by atoms with Gasteiger partial charge in [-0.15, -0.1) is 23.5 Å². The Kier molecular flexibility index (Phi) is 8.90. The summed E-state index contributed by atoms with van der Waals surface area (Å²) in [4.78, 5) is 0. The summed E-state index contributed by atoms with van der Waals surface area (Å²) in [5.74, 6) is 1.65. The van der Waals surface area contributed by atoms with Gasteiger partial charge in [-0.1, -0.05) is 13.8 Å². The van der Waals surface area contributed by atoms with Crippen molar-refractivity contribution in [3.8, 4) is 0 Å². The smallest absolute Gasteiger partial charge is 0.110 e. The first-order chi connectivity index (χ1) is 7.45. The molecule has 0 aromatic heterocycles. The average molecular weight is 270 g/mol. The lowest BCUT2D eigenvalue weighted by molar-refractivity contribution is -0.0952. The van der Waals surface area contributed by atoms with E-state index in [1.165, 1.54) is 30.4 Å². The van der Waals surface area contributed by atoms with Gasteiger partial charge >= 0.3 is 0 Å². The van der Waals surface area contributed by atoms with Crippen molar-refractivity contribution < 1.29 is 20.4 Å². The number of aliphatic hydroxyl groups excluding tert-OH is 4. The highest BCUT2D eigenvalue weighted by molar-refractivity contribution is 8.17.